The molecule has 2 atom stereocenters. The van der Waals surface area contributed by atoms with Crippen molar-refractivity contribution in [3.8, 4) is 0 Å². The minimum absolute atomic E-state index is 0.622. The molecule has 0 spiro atoms. The summed E-state index contributed by atoms with van der Waals surface area (Å²) in [4.78, 5) is 4.55. The molecule has 0 radical (unpaired) electrons. The van der Waals surface area contributed by atoms with Crippen LogP contribution in [0.15, 0.2) is 36.5 Å². The number of para-hydroxylation sites is 1. The predicted octanol–water partition coefficient (Wildman–Crippen LogP) is 3.08. The highest BCUT2D eigenvalue weighted by Crippen LogP contribution is 2.39. The number of pyridine rings is 1. The van der Waals surface area contributed by atoms with E-state index in [9.17, 15) is 0 Å². The van der Waals surface area contributed by atoms with E-state index in [1.807, 2.05) is 12.3 Å². The lowest BCUT2D eigenvalue weighted by Crippen LogP contribution is -2.17. The first-order valence-corrected chi connectivity index (χ1v) is 6.43. The number of fused-ring (bicyclic) bond motifs is 1. The Bertz CT molecular complexity index is 521. The van der Waals surface area contributed by atoms with E-state index in [0.29, 0.717) is 11.8 Å². The first-order valence-electron chi connectivity index (χ1n) is 6.43. The van der Waals surface area contributed by atoms with E-state index in [1.54, 1.807) is 0 Å². The van der Waals surface area contributed by atoms with Crippen molar-refractivity contribution in [1.82, 2.24) is 4.98 Å². The van der Waals surface area contributed by atoms with Crippen molar-refractivity contribution in [3.05, 3.63) is 42.1 Å². The lowest BCUT2D eigenvalue weighted by Gasteiger charge is -2.18. The van der Waals surface area contributed by atoms with Crippen LogP contribution in [-0.2, 0) is 0 Å². The van der Waals surface area contributed by atoms with Gasteiger partial charge in [0.1, 0.15) is 0 Å². The van der Waals surface area contributed by atoms with Crippen molar-refractivity contribution in [2.45, 2.75) is 25.2 Å². The summed E-state index contributed by atoms with van der Waals surface area (Å²) in [5.41, 5.74) is 8.31. The van der Waals surface area contributed by atoms with Gasteiger partial charge in [0.2, 0.25) is 0 Å². The van der Waals surface area contributed by atoms with Crippen molar-refractivity contribution in [2.75, 3.05) is 6.54 Å². The smallest absolute Gasteiger partial charge is 0.0702 e. The number of hydrogen-bond donors (Lipinski definition) is 1. The van der Waals surface area contributed by atoms with E-state index in [0.717, 1.165) is 12.1 Å². The third kappa shape index (κ3) is 1.93. The SMILES string of the molecule is NCC1CCCC1c1cnc2ccccc2c1. The molecule has 3 rings (SSSR count). The molecule has 2 aromatic rings. The van der Waals surface area contributed by atoms with Crippen LogP contribution < -0.4 is 5.73 Å². The molecule has 0 saturated heterocycles. The quantitative estimate of drug-likeness (QED) is 0.854. The maximum Gasteiger partial charge on any atom is 0.0702 e. The molecule has 0 aliphatic heterocycles. The number of aromatic nitrogens is 1. The molecule has 17 heavy (non-hydrogen) atoms. The van der Waals surface area contributed by atoms with Crippen LogP contribution in [0.5, 0.6) is 0 Å². The molecule has 0 amide bonds. The van der Waals surface area contributed by atoms with Gasteiger partial charge in [0.25, 0.3) is 0 Å². The molecule has 0 bridgehead atoms. The van der Waals surface area contributed by atoms with Crippen molar-refractivity contribution in [1.29, 1.82) is 0 Å². The predicted molar refractivity (Wildman–Crippen MR) is 70.9 cm³/mol. The molecule has 88 valence electrons. The monoisotopic (exact) mass is 226 g/mol. The highest BCUT2D eigenvalue weighted by molar-refractivity contribution is 5.78. The van der Waals surface area contributed by atoms with E-state index in [2.05, 4.69) is 29.2 Å². The Morgan fingerprint density at radius 1 is 1.24 bits per heavy atom. The van der Waals surface area contributed by atoms with Crippen LogP contribution in [0.25, 0.3) is 10.9 Å². The summed E-state index contributed by atoms with van der Waals surface area (Å²) >= 11 is 0. The van der Waals surface area contributed by atoms with Crippen molar-refractivity contribution in [2.24, 2.45) is 11.7 Å². The fourth-order valence-corrected chi connectivity index (χ4v) is 3.05. The van der Waals surface area contributed by atoms with Gasteiger partial charge in [-0.15, -0.1) is 0 Å². The minimum atomic E-state index is 0.622. The number of benzene rings is 1. The summed E-state index contributed by atoms with van der Waals surface area (Å²) in [6.07, 6.45) is 5.89. The second kappa shape index (κ2) is 4.46. The van der Waals surface area contributed by atoms with Gasteiger partial charge in [-0.25, -0.2) is 0 Å². The topological polar surface area (TPSA) is 38.9 Å². The maximum absolute atomic E-state index is 5.85. The molecule has 1 fully saturated rings. The zero-order chi connectivity index (χ0) is 11.7. The van der Waals surface area contributed by atoms with Crippen molar-refractivity contribution < 1.29 is 0 Å². The third-order valence-electron chi connectivity index (χ3n) is 4.00. The number of nitrogens with two attached hydrogens (primary N) is 1. The standard InChI is InChI=1S/C15H18N2/c16-9-12-5-3-6-14(12)13-8-11-4-1-2-7-15(11)17-10-13/h1-2,4,7-8,10,12,14H,3,5-6,9,16H2. The Morgan fingerprint density at radius 3 is 3.00 bits per heavy atom. The Balaban J connectivity index is 2.00. The van der Waals surface area contributed by atoms with Crippen LogP contribution in [0.3, 0.4) is 0 Å². The average molecular weight is 226 g/mol. The van der Waals surface area contributed by atoms with E-state index in [4.69, 9.17) is 5.73 Å². The van der Waals surface area contributed by atoms with Crippen molar-refractivity contribution in [3.63, 3.8) is 0 Å². The summed E-state index contributed by atoms with van der Waals surface area (Å²) in [6.45, 7) is 0.803. The van der Waals surface area contributed by atoms with Gasteiger partial charge >= 0.3 is 0 Å². The largest absolute Gasteiger partial charge is 0.330 e. The summed E-state index contributed by atoms with van der Waals surface area (Å²) in [6, 6.07) is 10.6. The molecule has 1 heterocycles. The van der Waals surface area contributed by atoms with Crippen LogP contribution in [0, 0.1) is 5.92 Å². The minimum Gasteiger partial charge on any atom is -0.330 e. The highest BCUT2D eigenvalue weighted by atomic mass is 14.7. The lowest BCUT2D eigenvalue weighted by molar-refractivity contribution is 0.495. The molecule has 1 aromatic carbocycles. The Morgan fingerprint density at radius 2 is 2.12 bits per heavy atom. The molecule has 2 unspecified atom stereocenters. The van der Waals surface area contributed by atoms with Crippen LogP contribution in [0.1, 0.15) is 30.7 Å². The molecular weight excluding hydrogens is 208 g/mol. The van der Waals surface area contributed by atoms with E-state index in [1.165, 1.54) is 30.2 Å². The van der Waals surface area contributed by atoms with Crippen LogP contribution in [0.4, 0.5) is 0 Å². The normalized spacial score (nSPS) is 24.3. The third-order valence-corrected chi connectivity index (χ3v) is 4.00. The molecule has 2 N–H and O–H groups in total. The fraction of sp³-hybridized carbons (Fsp3) is 0.400. The van der Waals surface area contributed by atoms with Gasteiger partial charge in [-0.1, -0.05) is 24.6 Å². The van der Waals surface area contributed by atoms with E-state index < -0.39 is 0 Å². The van der Waals surface area contributed by atoms with Gasteiger partial charge in [0.15, 0.2) is 0 Å². The lowest BCUT2D eigenvalue weighted by atomic mass is 9.89. The first-order chi connectivity index (χ1) is 8.38. The second-order valence-corrected chi connectivity index (χ2v) is 4.99. The Kier molecular flexibility index (Phi) is 2.81. The van der Waals surface area contributed by atoms with Crippen molar-refractivity contribution >= 4 is 10.9 Å². The van der Waals surface area contributed by atoms with E-state index >= 15 is 0 Å². The second-order valence-electron chi connectivity index (χ2n) is 4.99. The van der Waals surface area contributed by atoms with Gasteiger partial charge in [-0.3, -0.25) is 4.98 Å². The molecule has 1 aliphatic carbocycles. The average Bonchev–Trinajstić information content (AvgIpc) is 2.86. The first kappa shape index (κ1) is 10.7. The molecule has 1 aromatic heterocycles. The van der Waals surface area contributed by atoms with Crippen LogP contribution in [0.2, 0.25) is 0 Å². The maximum atomic E-state index is 5.85. The number of rotatable bonds is 2. The van der Waals surface area contributed by atoms with Gasteiger partial charge in [-0.05, 0) is 48.9 Å². The summed E-state index contributed by atoms with van der Waals surface area (Å²) in [5.74, 6) is 1.27. The fourth-order valence-electron chi connectivity index (χ4n) is 3.05. The van der Waals surface area contributed by atoms with Crippen LogP contribution in [-0.4, -0.2) is 11.5 Å². The number of nitrogens with zero attached hydrogens (tertiary/aromatic N) is 1. The molecular formula is C15H18N2. The summed E-state index contributed by atoms with van der Waals surface area (Å²) in [7, 11) is 0. The van der Waals surface area contributed by atoms with Crippen LogP contribution >= 0.6 is 0 Å². The molecule has 2 heteroatoms. The van der Waals surface area contributed by atoms with Gasteiger partial charge in [0.05, 0.1) is 5.52 Å². The summed E-state index contributed by atoms with van der Waals surface area (Å²) in [5, 5.41) is 1.24. The molecule has 1 aliphatic rings. The molecule has 2 nitrogen and oxygen atoms in total. The Labute approximate surface area is 102 Å². The number of hydrogen-bond acceptors (Lipinski definition) is 2. The highest BCUT2D eigenvalue weighted by Gasteiger charge is 2.27. The van der Waals surface area contributed by atoms with E-state index in [-0.39, 0.29) is 0 Å². The summed E-state index contributed by atoms with van der Waals surface area (Å²) < 4.78 is 0. The molecule has 1 saturated carbocycles. The van der Waals surface area contributed by atoms with Gasteiger partial charge in [-0.2, -0.15) is 0 Å². The Hall–Kier alpha value is -1.41. The zero-order valence-electron chi connectivity index (χ0n) is 9.97. The van der Waals surface area contributed by atoms with Gasteiger partial charge in [0, 0.05) is 11.6 Å². The zero-order valence-corrected chi connectivity index (χ0v) is 9.97. The van der Waals surface area contributed by atoms with Gasteiger partial charge < -0.3 is 5.73 Å².